The number of hydrogen-bond acceptors (Lipinski definition) is 4. The number of thioether (sulfide) groups is 1. The van der Waals surface area contributed by atoms with Gasteiger partial charge < -0.3 is 14.7 Å². The van der Waals surface area contributed by atoms with Crippen LogP contribution in [-0.4, -0.2) is 52.6 Å². The number of carbonyl (C=O) groups excluding carboxylic acids is 1. The van der Waals surface area contributed by atoms with E-state index in [4.69, 9.17) is 9.84 Å². The number of carboxylic acids is 1. The van der Waals surface area contributed by atoms with Gasteiger partial charge in [0.1, 0.15) is 5.75 Å². The van der Waals surface area contributed by atoms with Gasteiger partial charge in [0, 0.05) is 23.6 Å². The quantitative estimate of drug-likeness (QED) is 0.775. The monoisotopic (exact) mass is 337 g/mol. The van der Waals surface area contributed by atoms with Crippen LogP contribution in [0.1, 0.15) is 36.5 Å². The molecule has 23 heavy (non-hydrogen) atoms. The molecule has 1 unspecified atom stereocenters. The topological polar surface area (TPSA) is 66.8 Å². The van der Waals surface area contributed by atoms with Crippen LogP contribution < -0.4 is 4.74 Å². The first-order chi connectivity index (χ1) is 11.1. The van der Waals surface area contributed by atoms with Crippen molar-refractivity contribution in [3.05, 3.63) is 29.8 Å². The Morgan fingerprint density at radius 2 is 2.09 bits per heavy atom. The summed E-state index contributed by atoms with van der Waals surface area (Å²) in [4.78, 5) is 25.3. The minimum atomic E-state index is -0.866. The highest BCUT2D eigenvalue weighted by Gasteiger charge is 2.29. The summed E-state index contributed by atoms with van der Waals surface area (Å²) in [6, 6.07) is 6.87. The number of carbonyl (C=O) groups is 2. The van der Waals surface area contributed by atoms with Gasteiger partial charge in [-0.15, -0.1) is 0 Å². The number of benzene rings is 1. The number of carboxylic acid groups (broad SMARTS) is 1. The first-order valence-electron chi connectivity index (χ1n) is 7.95. The molecule has 126 valence electrons. The Hall–Kier alpha value is -1.69. The summed E-state index contributed by atoms with van der Waals surface area (Å²) in [7, 11) is 0. The van der Waals surface area contributed by atoms with Gasteiger partial charge in [-0.25, -0.2) is 0 Å². The lowest BCUT2D eigenvalue weighted by Gasteiger charge is -2.34. The number of aliphatic carboxylic acids is 1. The van der Waals surface area contributed by atoms with Crippen LogP contribution in [0.15, 0.2) is 24.3 Å². The Bertz CT molecular complexity index is 532. The van der Waals surface area contributed by atoms with Gasteiger partial charge in [-0.1, -0.05) is 13.3 Å². The van der Waals surface area contributed by atoms with Crippen molar-refractivity contribution in [1.29, 1.82) is 0 Å². The summed E-state index contributed by atoms with van der Waals surface area (Å²) in [5.74, 6) is 1.31. The van der Waals surface area contributed by atoms with Crippen molar-refractivity contribution in [2.45, 2.75) is 32.2 Å². The second kappa shape index (κ2) is 8.82. The van der Waals surface area contributed by atoms with Crippen molar-refractivity contribution < 1.29 is 19.4 Å². The van der Waals surface area contributed by atoms with Crippen LogP contribution in [0.4, 0.5) is 0 Å². The fourth-order valence-electron chi connectivity index (χ4n) is 2.49. The van der Waals surface area contributed by atoms with Gasteiger partial charge in [-0.3, -0.25) is 9.59 Å². The van der Waals surface area contributed by atoms with E-state index < -0.39 is 5.97 Å². The second-order valence-electron chi connectivity index (χ2n) is 5.55. The molecule has 0 radical (unpaired) electrons. The maximum atomic E-state index is 12.6. The molecule has 2 rings (SSSR count). The lowest BCUT2D eigenvalue weighted by molar-refractivity contribution is -0.138. The molecule has 1 aliphatic heterocycles. The third-order valence-electron chi connectivity index (χ3n) is 3.77. The van der Waals surface area contributed by atoms with Crippen LogP contribution in [-0.2, 0) is 4.79 Å². The van der Waals surface area contributed by atoms with Gasteiger partial charge in [0.2, 0.25) is 0 Å². The molecule has 5 nitrogen and oxygen atoms in total. The molecular formula is C17H23NO4S. The maximum Gasteiger partial charge on any atom is 0.305 e. The van der Waals surface area contributed by atoms with E-state index in [1.807, 2.05) is 0 Å². The summed E-state index contributed by atoms with van der Waals surface area (Å²) in [6.07, 6.45) is 2.08. The van der Waals surface area contributed by atoms with Crippen LogP contribution in [0, 0.1) is 0 Å². The Kier molecular flexibility index (Phi) is 6.77. The van der Waals surface area contributed by atoms with Crippen molar-refractivity contribution in [3.8, 4) is 5.75 Å². The summed E-state index contributed by atoms with van der Waals surface area (Å²) < 4.78 is 5.59. The van der Waals surface area contributed by atoms with Crippen LogP contribution in [0.3, 0.4) is 0 Å². The average Bonchev–Trinajstić information content (AvgIpc) is 2.55. The van der Waals surface area contributed by atoms with E-state index in [2.05, 4.69) is 6.92 Å². The normalized spacial score (nSPS) is 17.8. The zero-order valence-electron chi connectivity index (χ0n) is 13.4. The van der Waals surface area contributed by atoms with Crippen LogP contribution in [0.25, 0.3) is 0 Å². The van der Waals surface area contributed by atoms with Gasteiger partial charge in [0.15, 0.2) is 0 Å². The fraction of sp³-hybridized carbons (Fsp3) is 0.529. The minimum absolute atomic E-state index is 0.00302. The summed E-state index contributed by atoms with van der Waals surface area (Å²) >= 11 is 1.70. The van der Waals surface area contributed by atoms with Crippen LogP contribution >= 0.6 is 11.8 Å². The number of hydrogen-bond donors (Lipinski definition) is 1. The fourth-order valence-corrected chi connectivity index (χ4v) is 3.55. The molecule has 1 aromatic carbocycles. The smallest absolute Gasteiger partial charge is 0.305 e. The molecule has 0 saturated carbocycles. The molecular weight excluding hydrogens is 314 g/mol. The van der Waals surface area contributed by atoms with Gasteiger partial charge in [-0.05, 0) is 30.7 Å². The van der Waals surface area contributed by atoms with E-state index in [0.29, 0.717) is 24.5 Å². The molecule has 1 N–H and O–H groups in total. The molecule has 1 heterocycles. The lowest BCUT2D eigenvalue weighted by Crippen LogP contribution is -2.47. The Morgan fingerprint density at radius 1 is 1.35 bits per heavy atom. The highest BCUT2D eigenvalue weighted by atomic mass is 32.2. The van der Waals surface area contributed by atoms with Gasteiger partial charge >= 0.3 is 5.97 Å². The molecule has 1 aromatic rings. The largest absolute Gasteiger partial charge is 0.494 e. The summed E-state index contributed by atoms with van der Waals surface area (Å²) in [5.41, 5.74) is 0.579. The minimum Gasteiger partial charge on any atom is -0.494 e. The first kappa shape index (κ1) is 17.7. The number of rotatable bonds is 7. The highest BCUT2D eigenvalue weighted by molar-refractivity contribution is 7.99. The van der Waals surface area contributed by atoms with E-state index in [1.165, 1.54) is 0 Å². The molecule has 1 amide bonds. The molecule has 0 aromatic heterocycles. The van der Waals surface area contributed by atoms with Crippen LogP contribution in [0.2, 0.25) is 0 Å². The third kappa shape index (κ3) is 5.16. The molecule has 0 aliphatic carbocycles. The highest BCUT2D eigenvalue weighted by Crippen LogP contribution is 2.22. The number of nitrogens with zero attached hydrogens (tertiary/aromatic N) is 1. The number of amides is 1. The van der Waals surface area contributed by atoms with E-state index >= 15 is 0 Å². The van der Waals surface area contributed by atoms with E-state index in [-0.39, 0.29) is 18.4 Å². The molecule has 1 atom stereocenters. The standard InChI is InChI=1S/C17H23NO4S/c1-2-3-9-22-15-6-4-13(5-7-15)17(21)18-8-10-23-12-14(18)11-16(19)20/h4-7,14H,2-3,8-12H2,1H3,(H,19,20). The molecule has 1 aliphatic rings. The second-order valence-corrected chi connectivity index (χ2v) is 6.70. The Morgan fingerprint density at radius 3 is 2.74 bits per heavy atom. The van der Waals surface area contributed by atoms with Crippen LogP contribution in [0.5, 0.6) is 5.75 Å². The molecule has 0 bridgehead atoms. The molecule has 0 spiro atoms. The third-order valence-corrected chi connectivity index (χ3v) is 4.86. The van der Waals surface area contributed by atoms with Gasteiger partial charge in [0.25, 0.3) is 5.91 Å². The first-order valence-corrected chi connectivity index (χ1v) is 9.10. The summed E-state index contributed by atoms with van der Waals surface area (Å²) in [6.45, 7) is 3.37. The predicted molar refractivity (Wildman–Crippen MR) is 91.2 cm³/mol. The maximum absolute atomic E-state index is 12.6. The summed E-state index contributed by atoms with van der Waals surface area (Å²) in [5, 5.41) is 9.01. The van der Waals surface area contributed by atoms with Crippen molar-refractivity contribution in [2.24, 2.45) is 0 Å². The number of unbranched alkanes of at least 4 members (excludes halogenated alkanes) is 1. The van der Waals surface area contributed by atoms with Crippen molar-refractivity contribution in [2.75, 3.05) is 24.7 Å². The Labute approximate surface area is 141 Å². The van der Waals surface area contributed by atoms with Crippen molar-refractivity contribution in [3.63, 3.8) is 0 Å². The van der Waals surface area contributed by atoms with E-state index in [0.717, 1.165) is 24.3 Å². The zero-order valence-corrected chi connectivity index (χ0v) is 14.2. The van der Waals surface area contributed by atoms with Gasteiger partial charge in [0.05, 0.1) is 19.1 Å². The molecule has 1 fully saturated rings. The van der Waals surface area contributed by atoms with Crippen molar-refractivity contribution in [1.82, 2.24) is 4.90 Å². The lowest BCUT2D eigenvalue weighted by atomic mass is 10.1. The zero-order chi connectivity index (χ0) is 16.7. The average molecular weight is 337 g/mol. The van der Waals surface area contributed by atoms with Gasteiger partial charge in [-0.2, -0.15) is 11.8 Å². The van der Waals surface area contributed by atoms with E-state index in [9.17, 15) is 9.59 Å². The Balaban J connectivity index is 2.01. The van der Waals surface area contributed by atoms with E-state index in [1.54, 1.807) is 40.9 Å². The molecule has 1 saturated heterocycles. The SMILES string of the molecule is CCCCOc1ccc(C(=O)N2CCSCC2CC(=O)O)cc1. The van der Waals surface area contributed by atoms with Crippen molar-refractivity contribution >= 4 is 23.6 Å². The predicted octanol–water partition coefficient (Wildman–Crippen LogP) is 2.90. The number of ether oxygens (including phenoxy) is 1. The molecule has 6 heteroatoms.